The fourth-order valence-corrected chi connectivity index (χ4v) is 3.13. The second-order valence-corrected chi connectivity index (χ2v) is 5.44. The van der Waals surface area contributed by atoms with Gasteiger partial charge in [0, 0.05) is 6.20 Å². The summed E-state index contributed by atoms with van der Waals surface area (Å²) in [6, 6.07) is 0.632. The molecule has 0 spiro atoms. The maximum atomic E-state index is 11.8. The lowest BCUT2D eigenvalue weighted by Crippen LogP contribution is -2.53. The number of anilines is 1. The van der Waals surface area contributed by atoms with E-state index in [1.54, 1.807) is 0 Å². The van der Waals surface area contributed by atoms with Crippen molar-refractivity contribution in [2.24, 2.45) is 0 Å². The number of nitrogen functional groups attached to an aromatic ring is 1. The van der Waals surface area contributed by atoms with Crippen LogP contribution in [-0.2, 0) is 4.74 Å². The van der Waals surface area contributed by atoms with Gasteiger partial charge in [-0.3, -0.25) is 4.57 Å². The Labute approximate surface area is 118 Å². The topological polar surface area (TPSA) is 131 Å². The van der Waals surface area contributed by atoms with E-state index in [9.17, 15) is 20.1 Å². The molecule has 0 bridgehead atoms. The second-order valence-electron chi connectivity index (χ2n) is 5.17. The van der Waals surface area contributed by atoms with Gasteiger partial charge in [0.1, 0.15) is 35.3 Å². The second kappa shape index (κ2) is 4.15. The number of hydrogen-bond donors (Lipinski definition) is 4. The molecule has 0 aromatic carbocycles. The normalized spacial score (nSPS) is 42.5. The van der Waals surface area contributed by atoms with E-state index in [0.29, 0.717) is 0 Å². The highest BCUT2D eigenvalue weighted by molar-refractivity contribution is 6.18. The van der Waals surface area contributed by atoms with E-state index in [4.69, 9.17) is 22.1 Å². The summed E-state index contributed by atoms with van der Waals surface area (Å²) in [4.78, 5) is 15.3. The number of nitrogens with two attached hydrogens (primary N) is 1. The molecule has 1 aliphatic heterocycles. The minimum Gasteiger partial charge on any atom is -0.393 e. The molecule has 110 valence electrons. The summed E-state index contributed by atoms with van der Waals surface area (Å²) in [5.41, 5.74) is 1.67. The van der Waals surface area contributed by atoms with Gasteiger partial charge >= 0.3 is 5.69 Å². The number of aromatic nitrogens is 2. The Balaban J connectivity index is 1.94. The largest absolute Gasteiger partial charge is 0.393 e. The number of alkyl halides is 1. The molecule has 1 saturated heterocycles. The van der Waals surface area contributed by atoms with Crippen LogP contribution in [0.1, 0.15) is 6.04 Å². The van der Waals surface area contributed by atoms with Gasteiger partial charge in [0.25, 0.3) is 0 Å². The van der Waals surface area contributed by atoms with Crippen molar-refractivity contribution >= 4 is 17.4 Å². The van der Waals surface area contributed by atoms with Crippen LogP contribution in [0.15, 0.2) is 17.1 Å². The first-order valence-electron chi connectivity index (χ1n) is 6.00. The average molecular weight is 304 g/mol. The standard InChI is InChI=1S/C11H14ClN3O5/c12-3-10(4-16)8(17)11(19)6(7(11)20-10)15-2-1-5(13)14-9(15)18/h1-2,6-8,16-17,19H,3-4H2,(H2,13,14,18)/t6?,7-,8+,10+,11+/m0/s1. The molecule has 1 unspecified atom stereocenters. The van der Waals surface area contributed by atoms with Crippen molar-refractivity contribution in [3.05, 3.63) is 22.7 Å². The van der Waals surface area contributed by atoms with E-state index < -0.39 is 41.7 Å². The summed E-state index contributed by atoms with van der Waals surface area (Å²) in [6.07, 6.45) is -0.855. The Hall–Kier alpha value is -1.19. The van der Waals surface area contributed by atoms with Crippen LogP contribution in [0.25, 0.3) is 0 Å². The first kappa shape index (κ1) is 13.8. The lowest BCUT2D eigenvalue weighted by molar-refractivity contribution is -0.124. The number of aliphatic hydroxyl groups excluding tert-OH is 2. The number of ether oxygens (including phenoxy) is 1. The fraction of sp³-hybridized carbons (Fsp3) is 0.636. The van der Waals surface area contributed by atoms with Crippen LogP contribution < -0.4 is 11.4 Å². The summed E-state index contributed by atoms with van der Waals surface area (Å²) in [5, 5.41) is 30.0. The van der Waals surface area contributed by atoms with E-state index in [1.165, 1.54) is 12.3 Å². The summed E-state index contributed by atoms with van der Waals surface area (Å²) in [5.74, 6) is -0.110. The fourth-order valence-electron chi connectivity index (χ4n) is 2.84. The van der Waals surface area contributed by atoms with Gasteiger partial charge in [0.05, 0.1) is 12.5 Å². The summed E-state index contributed by atoms with van der Waals surface area (Å²) >= 11 is 5.70. The quantitative estimate of drug-likeness (QED) is 0.468. The number of aliphatic hydroxyl groups is 3. The molecule has 0 radical (unpaired) electrons. The molecule has 3 rings (SSSR count). The summed E-state index contributed by atoms with van der Waals surface area (Å²) in [7, 11) is 0. The molecule has 8 nitrogen and oxygen atoms in total. The van der Waals surface area contributed by atoms with Crippen molar-refractivity contribution in [3.8, 4) is 0 Å². The maximum absolute atomic E-state index is 11.8. The SMILES string of the molecule is Nc1ccn(C2[C@@H]3O[C@@](CO)(CCl)[C@@H](O)[C@@]23O)c(=O)n1. The number of rotatable bonds is 3. The van der Waals surface area contributed by atoms with Crippen LogP contribution in [0, 0.1) is 0 Å². The predicted octanol–water partition coefficient (Wildman–Crippen LogP) is -2.16. The van der Waals surface area contributed by atoms with E-state index in [1.807, 2.05) is 0 Å². The van der Waals surface area contributed by atoms with Crippen molar-refractivity contribution in [2.45, 2.75) is 29.5 Å². The van der Waals surface area contributed by atoms with Crippen molar-refractivity contribution in [1.29, 1.82) is 0 Å². The molecule has 2 fully saturated rings. The van der Waals surface area contributed by atoms with Crippen molar-refractivity contribution in [1.82, 2.24) is 9.55 Å². The first-order chi connectivity index (χ1) is 9.40. The van der Waals surface area contributed by atoms with Gasteiger partial charge in [-0.2, -0.15) is 4.98 Å². The number of nitrogens with zero attached hydrogens (tertiary/aromatic N) is 2. The average Bonchev–Trinajstić information content (AvgIpc) is 2.92. The van der Waals surface area contributed by atoms with Crippen LogP contribution in [0.2, 0.25) is 0 Å². The highest BCUT2D eigenvalue weighted by atomic mass is 35.5. The monoisotopic (exact) mass is 303 g/mol. The molecule has 1 aliphatic carbocycles. The molecule has 1 aromatic heterocycles. The van der Waals surface area contributed by atoms with Crippen LogP contribution in [0.4, 0.5) is 5.82 Å². The van der Waals surface area contributed by atoms with Crippen molar-refractivity contribution in [2.75, 3.05) is 18.2 Å². The van der Waals surface area contributed by atoms with Gasteiger partial charge in [-0.15, -0.1) is 11.6 Å². The van der Waals surface area contributed by atoms with E-state index in [0.717, 1.165) is 4.57 Å². The van der Waals surface area contributed by atoms with Crippen molar-refractivity contribution < 1.29 is 20.1 Å². The van der Waals surface area contributed by atoms with Crippen LogP contribution in [-0.4, -0.2) is 60.8 Å². The van der Waals surface area contributed by atoms with E-state index in [-0.39, 0.29) is 11.7 Å². The zero-order valence-electron chi connectivity index (χ0n) is 10.3. The molecule has 1 aromatic rings. The molecule has 5 atom stereocenters. The summed E-state index contributed by atoms with van der Waals surface area (Å²) < 4.78 is 6.64. The van der Waals surface area contributed by atoms with E-state index in [2.05, 4.69) is 4.98 Å². The molecule has 2 heterocycles. The predicted molar refractivity (Wildman–Crippen MR) is 68.3 cm³/mol. The third-order valence-electron chi connectivity index (χ3n) is 4.05. The third-order valence-corrected chi connectivity index (χ3v) is 4.50. The van der Waals surface area contributed by atoms with E-state index >= 15 is 0 Å². The summed E-state index contributed by atoms with van der Waals surface area (Å²) in [6.45, 7) is -0.530. The molecule has 2 aliphatic rings. The smallest absolute Gasteiger partial charge is 0.349 e. The Bertz CT molecular complexity index is 604. The maximum Gasteiger partial charge on any atom is 0.349 e. The lowest BCUT2D eigenvalue weighted by atomic mass is 9.95. The number of fused-ring (bicyclic) bond motifs is 1. The molecular weight excluding hydrogens is 290 g/mol. The zero-order chi connectivity index (χ0) is 14.7. The van der Waals surface area contributed by atoms with Crippen LogP contribution >= 0.6 is 11.6 Å². The van der Waals surface area contributed by atoms with Gasteiger partial charge in [0.2, 0.25) is 0 Å². The number of halogens is 1. The zero-order valence-corrected chi connectivity index (χ0v) is 11.1. The highest BCUT2D eigenvalue weighted by Gasteiger charge is 2.81. The Morgan fingerprint density at radius 3 is 2.75 bits per heavy atom. The van der Waals surface area contributed by atoms with Crippen LogP contribution in [0.3, 0.4) is 0 Å². The molecule has 5 N–H and O–H groups in total. The van der Waals surface area contributed by atoms with Gasteiger partial charge in [-0.05, 0) is 6.07 Å². The number of hydrogen-bond acceptors (Lipinski definition) is 7. The van der Waals surface area contributed by atoms with Gasteiger partial charge in [0.15, 0.2) is 0 Å². The molecular formula is C11H14ClN3O5. The van der Waals surface area contributed by atoms with Crippen molar-refractivity contribution in [3.63, 3.8) is 0 Å². The molecule has 1 saturated carbocycles. The minimum absolute atomic E-state index is 0.0657. The third kappa shape index (κ3) is 1.51. The molecule has 0 amide bonds. The Morgan fingerprint density at radius 1 is 1.60 bits per heavy atom. The molecule has 9 heteroatoms. The Morgan fingerprint density at radius 2 is 2.30 bits per heavy atom. The van der Waals surface area contributed by atoms with Gasteiger partial charge < -0.3 is 25.8 Å². The Kier molecular flexibility index (Phi) is 2.86. The van der Waals surface area contributed by atoms with Gasteiger partial charge in [-0.25, -0.2) is 4.79 Å². The lowest BCUT2D eigenvalue weighted by Gasteiger charge is -2.32. The minimum atomic E-state index is -1.67. The van der Waals surface area contributed by atoms with Crippen LogP contribution in [0.5, 0.6) is 0 Å². The highest BCUT2D eigenvalue weighted by Crippen LogP contribution is 2.61. The van der Waals surface area contributed by atoms with Gasteiger partial charge in [-0.1, -0.05) is 0 Å². The molecule has 20 heavy (non-hydrogen) atoms. The first-order valence-corrected chi connectivity index (χ1v) is 6.54.